The minimum absolute atomic E-state index is 0.0541. The Morgan fingerprint density at radius 1 is 0.969 bits per heavy atom. The van der Waals surface area contributed by atoms with E-state index in [1.54, 1.807) is 7.11 Å². The zero-order valence-electron chi connectivity index (χ0n) is 18.8. The molecule has 0 bridgehead atoms. The Kier molecular flexibility index (Phi) is 6.50. The van der Waals surface area contributed by atoms with Gasteiger partial charge in [-0.05, 0) is 68.1 Å². The first-order chi connectivity index (χ1) is 15.6. The lowest BCUT2D eigenvalue weighted by atomic mass is 9.96. The van der Waals surface area contributed by atoms with E-state index >= 15 is 0 Å². The van der Waals surface area contributed by atoms with Gasteiger partial charge in [-0.2, -0.15) is 0 Å². The van der Waals surface area contributed by atoms with Gasteiger partial charge in [0.15, 0.2) is 0 Å². The van der Waals surface area contributed by atoms with Crippen LogP contribution in [0.15, 0.2) is 78.9 Å². The maximum Gasteiger partial charge on any atom is 0.252 e. The molecule has 0 spiro atoms. The molecule has 4 nitrogen and oxygen atoms in total. The van der Waals surface area contributed by atoms with E-state index in [2.05, 4.69) is 24.4 Å². The van der Waals surface area contributed by atoms with Crippen LogP contribution in [0.5, 0.6) is 5.75 Å². The van der Waals surface area contributed by atoms with Crippen LogP contribution in [-0.2, 0) is 6.42 Å². The van der Waals surface area contributed by atoms with Crippen molar-refractivity contribution in [1.82, 2.24) is 10.3 Å². The number of nitrogens with one attached hydrogen (secondary N) is 1. The van der Waals surface area contributed by atoms with Gasteiger partial charge in [0, 0.05) is 17.0 Å². The zero-order valence-corrected chi connectivity index (χ0v) is 18.8. The number of rotatable bonds is 7. The average Bonchev–Trinajstić information content (AvgIpc) is 2.83. The van der Waals surface area contributed by atoms with Crippen molar-refractivity contribution < 1.29 is 9.53 Å². The minimum Gasteiger partial charge on any atom is -0.497 e. The number of aryl methyl sites for hydroxylation is 1. The summed E-state index contributed by atoms with van der Waals surface area (Å²) in [4.78, 5) is 18.3. The van der Waals surface area contributed by atoms with Crippen LogP contribution in [0.25, 0.3) is 22.2 Å². The molecule has 0 fully saturated rings. The fourth-order valence-corrected chi connectivity index (χ4v) is 4.03. The number of ether oxygens (including phenoxy) is 1. The van der Waals surface area contributed by atoms with Gasteiger partial charge in [-0.3, -0.25) is 4.79 Å². The molecule has 32 heavy (non-hydrogen) atoms. The fourth-order valence-electron chi connectivity index (χ4n) is 4.03. The quantitative estimate of drug-likeness (QED) is 0.398. The van der Waals surface area contributed by atoms with Gasteiger partial charge in [0.25, 0.3) is 5.91 Å². The van der Waals surface area contributed by atoms with Gasteiger partial charge < -0.3 is 10.1 Å². The Morgan fingerprint density at radius 3 is 2.38 bits per heavy atom. The highest BCUT2D eigenvalue weighted by Crippen LogP contribution is 2.30. The summed E-state index contributed by atoms with van der Waals surface area (Å²) >= 11 is 0. The number of carbonyl (C=O) groups excluding carboxylic acids is 1. The van der Waals surface area contributed by atoms with Gasteiger partial charge in [0.2, 0.25) is 0 Å². The van der Waals surface area contributed by atoms with Crippen molar-refractivity contribution in [3.05, 3.63) is 95.6 Å². The first-order valence-electron chi connectivity index (χ1n) is 11.0. The van der Waals surface area contributed by atoms with Gasteiger partial charge in [0.05, 0.1) is 23.9 Å². The van der Waals surface area contributed by atoms with Crippen LogP contribution in [0.4, 0.5) is 0 Å². The standard InChI is InChI=1S/C28H28N2O2/c1-19(13-14-21-9-5-4-6-10-21)29-28(31)26-20(2)27(22-15-17-23(32-3)18-16-22)30-25-12-8-7-11-24(25)26/h4-12,15-19H,13-14H2,1-3H3,(H,29,31). The Morgan fingerprint density at radius 2 is 1.66 bits per heavy atom. The topological polar surface area (TPSA) is 51.2 Å². The molecular formula is C28H28N2O2. The first kappa shape index (κ1) is 21.6. The van der Waals surface area contributed by atoms with Crippen molar-refractivity contribution in [3.8, 4) is 17.0 Å². The monoisotopic (exact) mass is 424 g/mol. The number of para-hydroxylation sites is 1. The molecule has 1 atom stereocenters. The minimum atomic E-state index is -0.0589. The van der Waals surface area contributed by atoms with E-state index in [1.807, 2.05) is 73.7 Å². The molecule has 0 aliphatic carbocycles. The van der Waals surface area contributed by atoms with Crippen molar-refractivity contribution in [2.75, 3.05) is 7.11 Å². The number of aromatic nitrogens is 1. The van der Waals surface area contributed by atoms with E-state index < -0.39 is 0 Å². The smallest absolute Gasteiger partial charge is 0.252 e. The molecule has 0 saturated carbocycles. The number of carbonyl (C=O) groups is 1. The SMILES string of the molecule is COc1ccc(-c2nc3ccccc3c(C(=O)NC(C)CCc3ccccc3)c2C)cc1. The summed E-state index contributed by atoms with van der Waals surface area (Å²) in [6.45, 7) is 4.03. The van der Waals surface area contributed by atoms with Gasteiger partial charge in [-0.1, -0.05) is 48.5 Å². The maximum absolute atomic E-state index is 13.4. The molecule has 1 N–H and O–H groups in total. The molecule has 4 heteroatoms. The molecule has 4 aromatic rings. The summed E-state index contributed by atoms with van der Waals surface area (Å²) in [5, 5.41) is 4.08. The predicted molar refractivity (Wildman–Crippen MR) is 130 cm³/mol. The van der Waals surface area contributed by atoms with E-state index in [-0.39, 0.29) is 11.9 Å². The van der Waals surface area contributed by atoms with Crippen LogP contribution < -0.4 is 10.1 Å². The largest absolute Gasteiger partial charge is 0.497 e. The average molecular weight is 425 g/mol. The van der Waals surface area contributed by atoms with Gasteiger partial charge >= 0.3 is 0 Å². The summed E-state index contributed by atoms with van der Waals surface area (Å²) in [7, 11) is 1.65. The summed E-state index contributed by atoms with van der Waals surface area (Å²) in [5.41, 5.74) is 5.43. The number of fused-ring (bicyclic) bond motifs is 1. The molecule has 0 saturated heterocycles. The van der Waals surface area contributed by atoms with Crippen molar-refractivity contribution in [2.24, 2.45) is 0 Å². The third-order valence-corrected chi connectivity index (χ3v) is 5.81. The number of hydrogen-bond donors (Lipinski definition) is 1. The van der Waals surface area contributed by atoms with Crippen LogP contribution in [0, 0.1) is 6.92 Å². The molecule has 0 aliphatic heterocycles. The number of nitrogens with zero attached hydrogens (tertiary/aromatic N) is 1. The van der Waals surface area contributed by atoms with Gasteiger partial charge in [-0.15, -0.1) is 0 Å². The number of methoxy groups -OCH3 is 1. The second kappa shape index (κ2) is 9.65. The van der Waals surface area contributed by atoms with Gasteiger partial charge in [0.1, 0.15) is 5.75 Å². The first-order valence-corrected chi connectivity index (χ1v) is 11.0. The Labute approximate surface area is 189 Å². The van der Waals surface area contributed by atoms with E-state index in [4.69, 9.17) is 9.72 Å². The van der Waals surface area contributed by atoms with Crippen molar-refractivity contribution in [1.29, 1.82) is 0 Å². The molecule has 0 radical (unpaired) electrons. The highest BCUT2D eigenvalue weighted by atomic mass is 16.5. The fraction of sp³-hybridized carbons (Fsp3) is 0.214. The van der Waals surface area contributed by atoms with E-state index in [1.165, 1.54) is 5.56 Å². The number of amides is 1. The lowest BCUT2D eigenvalue weighted by molar-refractivity contribution is 0.0939. The van der Waals surface area contributed by atoms with Crippen LogP contribution in [-0.4, -0.2) is 24.0 Å². The molecule has 162 valence electrons. The lowest BCUT2D eigenvalue weighted by Gasteiger charge is -2.18. The van der Waals surface area contributed by atoms with Crippen molar-refractivity contribution in [2.45, 2.75) is 32.7 Å². The second-order valence-corrected chi connectivity index (χ2v) is 8.10. The number of benzene rings is 3. The zero-order chi connectivity index (χ0) is 22.5. The maximum atomic E-state index is 13.4. The van der Waals surface area contributed by atoms with Crippen LogP contribution in [0.2, 0.25) is 0 Å². The summed E-state index contributed by atoms with van der Waals surface area (Å²) in [6, 6.07) is 26.0. The molecule has 1 aromatic heterocycles. The molecule has 4 rings (SSSR count). The molecule has 1 unspecified atom stereocenters. The molecule has 1 amide bonds. The highest BCUT2D eigenvalue weighted by Gasteiger charge is 2.20. The number of pyridine rings is 1. The third-order valence-electron chi connectivity index (χ3n) is 5.81. The van der Waals surface area contributed by atoms with Crippen molar-refractivity contribution >= 4 is 16.8 Å². The van der Waals surface area contributed by atoms with E-state index in [9.17, 15) is 4.79 Å². The molecular weight excluding hydrogens is 396 g/mol. The van der Waals surface area contributed by atoms with Crippen LogP contribution in [0.1, 0.15) is 34.8 Å². The highest BCUT2D eigenvalue weighted by molar-refractivity contribution is 6.09. The Bertz CT molecular complexity index is 1220. The molecule has 1 heterocycles. The number of hydrogen-bond acceptors (Lipinski definition) is 3. The molecule has 3 aromatic carbocycles. The lowest BCUT2D eigenvalue weighted by Crippen LogP contribution is -2.33. The summed E-state index contributed by atoms with van der Waals surface area (Å²) < 4.78 is 5.28. The van der Waals surface area contributed by atoms with E-state index in [0.717, 1.165) is 46.3 Å². The normalized spacial score (nSPS) is 11.8. The second-order valence-electron chi connectivity index (χ2n) is 8.10. The Hall–Kier alpha value is -3.66. The van der Waals surface area contributed by atoms with E-state index in [0.29, 0.717) is 5.56 Å². The Balaban J connectivity index is 1.64. The van der Waals surface area contributed by atoms with Crippen LogP contribution in [0.3, 0.4) is 0 Å². The summed E-state index contributed by atoms with van der Waals surface area (Å²) in [6.07, 6.45) is 1.80. The van der Waals surface area contributed by atoms with Gasteiger partial charge in [-0.25, -0.2) is 4.98 Å². The molecule has 0 aliphatic rings. The third kappa shape index (κ3) is 4.65. The predicted octanol–water partition coefficient (Wildman–Crippen LogP) is 5.97. The van der Waals surface area contributed by atoms with Crippen molar-refractivity contribution in [3.63, 3.8) is 0 Å². The summed E-state index contributed by atoms with van der Waals surface area (Å²) in [5.74, 6) is 0.730. The van der Waals surface area contributed by atoms with Crippen LogP contribution >= 0.6 is 0 Å².